The molecule has 1 unspecified atom stereocenters. The first-order valence-corrected chi connectivity index (χ1v) is 6.89. The fraction of sp³-hybridized carbons (Fsp3) is 0.300. The molecule has 0 fully saturated rings. The highest BCUT2D eigenvalue weighted by molar-refractivity contribution is 7.85. The molecule has 0 heterocycles. The van der Waals surface area contributed by atoms with Gasteiger partial charge in [0.15, 0.2) is 0 Å². The van der Waals surface area contributed by atoms with Crippen LogP contribution in [-0.4, -0.2) is 35.8 Å². The number of nitrogens with two attached hydrogens (primary N) is 1. The lowest BCUT2D eigenvalue weighted by molar-refractivity contribution is -0.137. The monoisotopic (exact) mass is 293 g/mol. The summed E-state index contributed by atoms with van der Waals surface area (Å²) in [5.74, 6) is -0.815. The van der Waals surface area contributed by atoms with Gasteiger partial charge < -0.3 is 10.8 Å². The molecule has 0 aliphatic carbocycles. The summed E-state index contributed by atoms with van der Waals surface area (Å²) in [5, 5.41) is 8.01. The average Bonchev–Trinajstić information content (AvgIpc) is 2.28. The molecule has 1 rings (SSSR count). The van der Waals surface area contributed by atoms with Gasteiger partial charge in [0.1, 0.15) is 6.04 Å². The van der Waals surface area contributed by atoms with Crippen molar-refractivity contribution in [2.24, 2.45) is 5.73 Å². The summed E-state index contributed by atoms with van der Waals surface area (Å²) < 4.78 is 29.6. The van der Waals surface area contributed by atoms with E-state index in [2.05, 4.69) is 12.6 Å². The number of carboxylic acid groups (broad SMARTS) is 1. The summed E-state index contributed by atoms with van der Waals surface area (Å²) in [6, 6.07) is 5.17. The molecule has 1 atom stereocenters. The van der Waals surface area contributed by atoms with Crippen molar-refractivity contribution in [3.05, 3.63) is 29.8 Å². The minimum Gasteiger partial charge on any atom is -0.480 e. The molecule has 18 heavy (non-hydrogen) atoms. The smallest absolute Gasteiger partial charge is 0.321 e. The normalized spacial score (nSPS) is 12.2. The van der Waals surface area contributed by atoms with E-state index in [9.17, 15) is 13.2 Å². The Morgan fingerprint density at radius 2 is 1.83 bits per heavy atom. The predicted molar refractivity (Wildman–Crippen MR) is 70.5 cm³/mol. The third-order valence-electron chi connectivity index (χ3n) is 1.83. The first kappa shape index (κ1) is 16.9. The van der Waals surface area contributed by atoms with Crippen molar-refractivity contribution in [2.45, 2.75) is 17.9 Å². The van der Waals surface area contributed by atoms with Crippen LogP contribution in [-0.2, 0) is 14.9 Å². The molecule has 8 heteroatoms. The van der Waals surface area contributed by atoms with Crippen LogP contribution in [0.1, 0.15) is 5.56 Å². The van der Waals surface area contributed by atoms with Gasteiger partial charge in [-0.3, -0.25) is 9.35 Å². The average molecular weight is 293 g/mol. The summed E-state index contributed by atoms with van der Waals surface area (Å²) in [6.45, 7) is 1.84. The quantitative estimate of drug-likeness (QED) is 0.478. The van der Waals surface area contributed by atoms with Gasteiger partial charge in [0.05, 0.1) is 4.90 Å². The molecule has 0 saturated carbocycles. The number of carboxylic acids is 1. The first-order valence-electron chi connectivity index (χ1n) is 4.82. The number of benzene rings is 1. The maximum absolute atomic E-state index is 10.5. The Balaban J connectivity index is 0.000000360. The third kappa shape index (κ3) is 6.60. The second-order valence-corrected chi connectivity index (χ2v) is 5.20. The number of hydrogen-bond donors (Lipinski definition) is 4. The van der Waals surface area contributed by atoms with Crippen molar-refractivity contribution in [3.63, 3.8) is 0 Å². The van der Waals surface area contributed by atoms with Gasteiger partial charge in [-0.15, -0.1) is 0 Å². The summed E-state index contributed by atoms with van der Waals surface area (Å²) in [6.07, 6.45) is 0. The predicted octanol–water partition coefficient (Wildman–Crippen LogP) is 0.570. The number of carbonyl (C=O) groups is 1. The Morgan fingerprint density at radius 3 is 2.06 bits per heavy atom. The van der Waals surface area contributed by atoms with Gasteiger partial charge in [0, 0.05) is 5.75 Å². The van der Waals surface area contributed by atoms with Gasteiger partial charge in [-0.25, -0.2) is 0 Å². The molecule has 0 aliphatic heterocycles. The zero-order valence-corrected chi connectivity index (χ0v) is 11.4. The number of aryl methyl sites for hydroxylation is 1. The Bertz CT molecular complexity index is 483. The number of aliphatic carboxylic acids is 1. The molecular weight excluding hydrogens is 278 g/mol. The van der Waals surface area contributed by atoms with E-state index in [1.165, 1.54) is 12.1 Å². The first-order chi connectivity index (χ1) is 8.18. The van der Waals surface area contributed by atoms with Crippen molar-refractivity contribution in [1.29, 1.82) is 0 Å². The summed E-state index contributed by atoms with van der Waals surface area (Å²) in [4.78, 5) is 9.69. The lowest BCUT2D eigenvalue weighted by atomic mass is 10.2. The van der Waals surface area contributed by atoms with Crippen molar-refractivity contribution >= 4 is 28.7 Å². The maximum atomic E-state index is 10.5. The Hall–Kier alpha value is -1.09. The zero-order chi connectivity index (χ0) is 14.3. The van der Waals surface area contributed by atoms with Crippen LogP contribution in [0, 0.1) is 6.92 Å². The molecule has 1 aromatic rings. The fourth-order valence-corrected chi connectivity index (χ4v) is 1.42. The standard InChI is InChI=1S/C7H8O3S.C3H7NO2S/c1-6-2-4-7(5-3-6)11(8,9)10;4-2(1-7)3(5)6/h2-5H,1H3,(H,8,9,10);2,7H,1,4H2,(H,5,6). The van der Waals surface area contributed by atoms with Crippen LogP contribution in [0.3, 0.4) is 0 Å². The van der Waals surface area contributed by atoms with Crippen LogP contribution >= 0.6 is 12.6 Å². The number of rotatable bonds is 3. The second-order valence-electron chi connectivity index (χ2n) is 3.42. The van der Waals surface area contributed by atoms with Crippen molar-refractivity contribution in [1.82, 2.24) is 0 Å². The van der Waals surface area contributed by atoms with Crippen LogP contribution < -0.4 is 5.73 Å². The zero-order valence-electron chi connectivity index (χ0n) is 9.65. The highest BCUT2D eigenvalue weighted by atomic mass is 32.2. The highest BCUT2D eigenvalue weighted by Crippen LogP contribution is 2.08. The number of hydrogen-bond acceptors (Lipinski definition) is 5. The molecule has 0 bridgehead atoms. The van der Waals surface area contributed by atoms with Gasteiger partial charge in [0.2, 0.25) is 0 Å². The lowest BCUT2D eigenvalue weighted by Crippen LogP contribution is -2.31. The van der Waals surface area contributed by atoms with E-state index < -0.39 is 22.1 Å². The Kier molecular flexibility index (Phi) is 6.92. The molecule has 0 aromatic heterocycles. The van der Waals surface area contributed by atoms with Gasteiger partial charge in [0.25, 0.3) is 10.1 Å². The van der Waals surface area contributed by atoms with E-state index in [1.54, 1.807) is 12.1 Å². The van der Waals surface area contributed by atoms with Gasteiger partial charge in [-0.05, 0) is 19.1 Å². The van der Waals surface area contributed by atoms with Gasteiger partial charge >= 0.3 is 5.97 Å². The molecule has 102 valence electrons. The minimum absolute atomic E-state index is 0.0666. The van der Waals surface area contributed by atoms with E-state index in [4.69, 9.17) is 15.4 Å². The Morgan fingerprint density at radius 1 is 1.39 bits per heavy atom. The van der Waals surface area contributed by atoms with Crippen LogP contribution in [0.2, 0.25) is 0 Å². The van der Waals surface area contributed by atoms with E-state index in [-0.39, 0.29) is 10.6 Å². The van der Waals surface area contributed by atoms with E-state index >= 15 is 0 Å². The molecule has 0 aliphatic rings. The molecule has 0 amide bonds. The van der Waals surface area contributed by atoms with Crippen LogP contribution in [0.4, 0.5) is 0 Å². The number of thiol groups is 1. The molecule has 1 aromatic carbocycles. The van der Waals surface area contributed by atoms with E-state index in [0.717, 1.165) is 5.56 Å². The summed E-state index contributed by atoms with van der Waals surface area (Å²) >= 11 is 3.65. The van der Waals surface area contributed by atoms with Gasteiger partial charge in [-0.1, -0.05) is 17.7 Å². The maximum Gasteiger partial charge on any atom is 0.321 e. The third-order valence-corrected chi connectivity index (χ3v) is 3.09. The Labute approximate surface area is 111 Å². The lowest BCUT2D eigenvalue weighted by Gasteiger charge is -1.96. The molecule has 0 radical (unpaired) electrons. The topological polar surface area (TPSA) is 118 Å². The van der Waals surface area contributed by atoms with Crippen molar-refractivity contribution < 1.29 is 22.9 Å². The van der Waals surface area contributed by atoms with Crippen LogP contribution in [0.5, 0.6) is 0 Å². The largest absolute Gasteiger partial charge is 0.480 e. The van der Waals surface area contributed by atoms with E-state index in [1.807, 2.05) is 6.92 Å². The van der Waals surface area contributed by atoms with Gasteiger partial charge in [-0.2, -0.15) is 21.0 Å². The summed E-state index contributed by atoms with van der Waals surface area (Å²) in [5.41, 5.74) is 5.90. The minimum atomic E-state index is -4.02. The van der Waals surface area contributed by atoms with Crippen molar-refractivity contribution in [3.8, 4) is 0 Å². The summed E-state index contributed by atoms with van der Waals surface area (Å²) in [7, 11) is -4.02. The highest BCUT2D eigenvalue weighted by Gasteiger charge is 2.07. The van der Waals surface area contributed by atoms with Crippen LogP contribution in [0.15, 0.2) is 29.2 Å². The van der Waals surface area contributed by atoms with Crippen molar-refractivity contribution in [2.75, 3.05) is 5.75 Å². The molecule has 6 nitrogen and oxygen atoms in total. The molecular formula is C10H15NO5S2. The van der Waals surface area contributed by atoms with Crippen LogP contribution in [0.25, 0.3) is 0 Å². The SMILES string of the molecule is Cc1ccc(S(=O)(=O)O)cc1.NC(CS)C(=O)O. The molecule has 0 spiro atoms. The second kappa shape index (κ2) is 7.37. The fourth-order valence-electron chi connectivity index (χ4n) is 0.788. The molecule has 4 N–H and O–H groups in total. The molecule has 0 saturated heterocycles. The van der Waals surface area contributed by atoms with E-state index in [0.29, 0.717) is 0 Å².